The van der Waals surface area contributed by atoms with Gasteiger partial charge in [-0.15, -0.1) is 34.2 Å². The second-order valence-corrected chi connectivity index (χ2v) is 9.61. The lowest BCUT2D eigenvalue weighted by Crippen LogP contribution is -2.46. The maximum atomic E-state index is 4.89. The van der Waals surface area contributed by atoms with Crippen molar-refractivity contribution >= 4 is 29.9 Å². The first kappa shape index (κ1) is 25.9. The molecule has 2 fully saturated rings. The summed E-state index contributed by atoms with van der Waals surface area (Å²) >= 11 is 0. The van der Waals surface area contributed by atoms with Gasteiger partial charge in [0.25, 0.3) is 0 Å². The van der Waals surface area contributed by atoms with E-state index >= 15 is 0 Å². The van der Waals surface area contributed by atoms with Crippen LogP contribution in [0.25, 0.3) is 0 Å². The number of rotatable bonds is 7. The quantitative estimate of drug-likeness (QED) is 0.302. The van der Waals surface area contributed by atoms with Crippen LogP contribution in [0.1, 0.15) is 62.7 Å². The van der Waals surface area contributed by atoms with Crippen LogP contribution in [0.2, 0.25) is 0 Å². The van der Waals surface area contributed by atoms with Crippen LogP contribution in [0.5, 0.6) is 0 Å². The van der Waals surface area contributed by atoms with Gasteiger partial charge < -0.3 is 15.2 Å². The Labute approximate surface area is 215 Å². The van der Waals surface area contributed by atoms with Crippen LogP contribution >= 0.6 is 24.0 Å². The minimum Gasteiger partial charge on any atom is -0.356 e. The van der Waals surface area contributed by atoms with Crippen LogP contribution in [-0.2, 0) is 20.1 Å². The fraction of sp³-hybridized carbons (Fsp3) is 0.640. The van der Waals surface area contributed by atoms with Crippen molar-refractivity contribution in [3.05, 3.63) is 47.5 Å². The van der Waals surface area contributed by atoms with E-state index in [1.54, 1.807) is 0 Å². The minimum absolute atomic E-state index is 0. The Morgan fingerprint density at radius 3 is 2.58 bits per heavy atom. The molecule has 2 N–H and O–H groups in total. The molecule has 2 atom stereocenters. The average molecular weight is 566 g/mol. The molecule has 182 valence electrons. The third-order valence-electron chi connectivity index (χ3n) is 7.08. The van der Waals surface area contributed by atoms with E-state index in [1.807, 2.05) is 18.5 Å². The number of nitrogens with zero attached hydrogens (tertiary/aromatic N) is 5. The van der Waals surface area contributed by atoms with Crippen molar-refractivity contribution in [1.82, 2.24) is 30.3 Å². The van der Waals surface area contributed by atoms with Gasteiger partial charge >= 0.3 is 0 Å². The second kappa shape index (κ2) is 12.7. The molecule has 0 spiro atoms. The molecule has 4 rings (SSSR count). The van der Waals surface area contributed by atoms with E-state index in [9.17, 15) is 0 Å². The van der Waals surface area contributed by atoms with Crippen LogP contribution in [0.15, 0.2) is 35.3 Å². The van der Waals surface area contributed by atoms with Gasteiger partial charge in [-0.3, -0.25) is 4.90 Å². The average Bonchev–Trinajstić information content (AvgIpc) is 3.32. The summed E-state index contributed by atoms with van der Waals surface area (Å²) in [5.74, 6) is 3.37. The molecule has 2 unspecified atom stereocenters. The summed E-state index contributed by atoms with van der Waals surface area (Å²) in [6, 6.07) is 11.9. The number of hydrogen-bond acceptors (Lipinski definition) is 4. The Morgan fingerprint density at radius 2 is 1.88 bits per heavy atom. The summed E-state index contributed by atoms with van der Waals surface area (Å²) in [7, 11) is 2.00. The molecule has 2 heterocycles. The highest BCUT2D eigenvalue weighted by Gasteiger charge is 2.29. The maximum absolute atomic E-state index is 4.89. The van der Waals surface area contributed by atoms with Crippen molar-refractivity contribution in [2.45, 2.75) is 77.5 Å². The Kier molecular flexibility index (Phi) is 9.97. The zero-order valence-corrected chi connectivity index (χ0v) is 22.7. The lowest BCUT2D eigenvalue weighted by atomic mass is 9.96. The number of aromatic nitrogens is 3. The lowest BCUT2D eigenvalue weighted by Gasteiger charge is -2.25. The molecular formula is C25H40IN7. The summed E-state index contributed by atoms with van der Waals surface area (Å²) in [6.07, 6.45) is 7.65. The predicted molar refractivity (Wildman–Crippen MR) is 145 cm³/mol. The minimum atomic E-state index is 0. The largest absolute Gasteiger partial charge is 0.356 e. The fourth-order valence-electron chi connectivity index (χ4n) is 4.98. The Bertz CT molecular complexity index is 876. The third-order valence-corrected chi connectivity index (χ3v) is 7.08. The van der Waals surface area contributed by atoms with E-state index in [1.165, 1.54) is 44.1 Å². The van der Waals surface area contributed by atoms with Crippen LogP contribution in [0.4, 0.5) is 0 Å². The standard InChI is InChI=1S/C25H39N7.HI/c1-19-14-22(18-32(19)17-21-10-6-4-7-11-21)15-26-25(28-23-12-8-5-9-13-23)27-16-24-30-29-20(2)31(24)3;/h4,6-7,10-11,19,22-23H,5,8-9,12-18H2,1-3H3,(H2,26,27,28);1H. The van der Waals surface area contributed by atoms with Crippen molar-refractivity contribution in [2.24, 2.45) is 18.0 Å². The topological polar surface area (TPSA) is 70.4 Å². The predicted octanol–water partition coefficient (Wildman–Crippen LogP) is 4.02. The maximum Gasteiger partial charge on any atom is 0.191 e. The highest BCUT2D eigenvalue weighted by atomic mass is 127. The summed E-state index contributed by atoms with van der Waals surface area (Å²) in [5.41, 5.74) is 1.40. The highest BCUT2D eigenvalue weighted by molar-refractivity contribution is 14.0. The molecule has 1 aromatic carbocycles. The van der Waals surface area contributed by atoms with Gasteiger partial charge in [-0.05, 0) is 44.6 Å². The first-order valence-corrected chi connectivity index (χ1v) is 12.3. The summed E-state index contributed by atoms with van der Waals surface area (Å²) in [6.45, 7) is 7.98. The first-order chi connectivity index (χ1) is 15.6. The van der Waals surface area contributed by atoms with Crippen molar-refractivity contribution < 1.29 is 0 Å². The summed E-state index contributed by atoms with van der Waals surface area (Å²) < 4.78 is 2.02. The van der Waals surface area contributed by atoms with Gasteiger partial charge in [-0.1, -0.05) is 49.6 Å². The van der Waals surface area contributed by atoms with Crippen molar-refractivity contribution in [3.8, 4) is 0 Å². The van der Waals surface area contributed by atoms with Crippen LogP contribution in [-0.4, -0.2) is 50.8 Å². The van der Waals surface area contributed by atoms with Gasteiger partial charge in [-0.2, -0.15) is 0 Å². The van der Waals surface area contributed by atoms with Gasteiger partial charge in [0.15, 0.2) is 11.8 Å². The molecule has 0 amide bonds. The van der Waals surface area contributed by atoms with Gasteiger partial charge in [0.1, 0.15) is 12.4 Å². The molecule has 0 bridgehead atoms. The van der Waals surface area contributed by atoms with E-state index in [2.05, 4.69) is 63.0 Å². The number of guanidine groups is 1. The van der Waals surface area contributed by atoms with Gasteiger partial charge in [0.05, 0.1) is 0 Å². The van der Waals surface area contributed by atoms with Gasteiger partial charge in [-0.25, -0.2) is 4.99 Å². The molecule has 1 aliphatic heterocycles. The Balaban J connectivity index is 0.00000306. The summed E-state index contributed by atoms with van der Waals surface area (Å²) in [4.78, 5) is 7.49. The smallest absolute Gasteiger partial charge is 0.191 e. The van der Waals surface area contributed by atoms with Crippen LogP contribution < -0.4 is 10.6 Å². The molecule has 2 aromatic rings. The first-order valence-electron chi connectivity index (χ1n) is 12.3. The van der Waals surface area contributed by atoms with Crippen molar-refractivity contribution in [2.75, 3.05) is 13.1 Å². The molecule has 2 aliphatic rings. The SMILES string of the molecule is Cc1nnc(CN=C(NCC2CC(C)N(Cc3ccccc3)C2)NC2CCCCC2)n1C.I. The molecule has 8 heteroatoms. The van der Waals surface area contributed by atoms with E-state index in [4.69, 9.17) is 4.99 Å². The van der Waals surface area contributed by atoms with Gasteiger partial charge in [0.2, 0.25) is 0 Å². The van der Waals surface area contributed by atoms with Crippen LogP contribution in [0, 0.1) is 12.8 Å². The molecule has 7 nitrogen and oxygen atoms in total. The second-order valence-electron chi connectivity index (χ2n) is 9.61. The van der Waals surface area contributed by atoms with E-state index < -0.39 is 0 Å². The van der Waals surface area contributed by atoms with E-state index in [-0.39, 0.29) is 24.0 Å². The number of aliphatic imine (C=N–C) groups is 1. The molecule has 33 heavy (non-hydrogen) atoms. The highest BCUT2D eigenvalue weighted by Crippen LogP contribution is 2.24. The normalized spacial score (nSPS) is 22.2. The van der Waals surface area contributed by atoms with E-state index in [0.717, 1.165) is 37.2 Å². The molecule has 1 aliphatic carbocycles. The van der Waals surface area contributed by atoms with Crippen molar-refractivity contribution in [1.29, 1.82) is 0 Å². The van der Waals surface area contributed by atoms with E-state index in [0.29, 0.717) is 24.5 Å². The molecular weight excluding hydrogens is 525 g/mol. The number of aryl methyl sites for hydroxylation is 1. The van der Waals surface area contributed by atoms with Crippen molar-refractivity contribution in [3.63, 3.8) is 0 Å². The summed E-state index contributed by atoms with van der Waals surface area (Å²) in [5, 5.41) is 15.8. The molecule has 0 radical (unpaired) electrons. The fourth-order valence-corrected chi connectivity index (χ4v) is 4.98. The Morgan fingerprint density at radius 1 is 1.12 bits per heavy atom. The third kappa shape index (κ3) is 7.40. The monoisotopic (exact) mass is 565 g/mol. The number of hydrogen-bond donors (Lipinski definition) is 2. The molecule has 1 aromatic heterocycles. The number of likely N-dealkylation sites (tertiary alicyclic amines) is 1. The zero-order chi connectivity index (χ0) is 22.3. The van der Waals surface area contributed by atoms with Crippen LogP contribution in [0.3, 0.4) is 0 Å². The number of halogens is 1. The zero-order valence-electron chi connectivity index (χ0n) is 20.3. The van der Waals surface area contributed by atoms with Gasteiger partial charge in [0, 0.05) is 38.8 Å². The molecule has 1 saturated carbocycles. The molecule has 1 saturated heterocycles. The number of nitrogens with one attached hydrogen (secondary N) is 2. The Hall–Kier alpha value is -1.68. The number of benzene rings is 1. The lowest BCUT2D eigenvalue weighted by molar-refractivity contribution is 0.255.